The topological polar surface area (TPSA) is 61.9 Å². The Balaban J connectivity index is 2.83. The Bertz CT molecular complexity index is 388. The second-order valence-corrected chi connectivity index (χ2v) is 3.26. The first-order valence-corrected chi connectivity index (χ1v) is 4.62. The molecule has 0 atom stereocenters. The van der Waals surface area contributed by atoms with E-state index >= 15 is 0 Å². The zero-order chi connectivity index (χ0) is 11.3. The molecule has 1 rings (SSSR count). The van der Waals surface area contributed by atoms with Gasteiger partial charge < -0.3 is 16.5 Å². The quantitative estimate of drug-likeness (QED) is 0.517. The van der Waals surface area contributed by atoms with E-state index in [1.807, 2.05) is 31.2 Å². The van der Waals surface area contributed by atoms with Gasteiger partial charge in [-0.05, 0) is 25.1 Å². The van der Waals surface area contributed by atoms with Gasteiger partial charge in [0.15, 0.2) is 0 Å². The number of allylic oxidation sites excluding steroid dienone is 1. The Morgan fingerprint density at radius 2 is 2.00 bits per heavy atom. The molecule has 0 fully saturated rings. The van der Waals surface area contributed by atoms with E-state index in [-0.39, 0.29) is 0 Å². The predicted molar refractivity (Wildman–Crippen MR) is 65.0 cm³/mol. The van der Waals surface area contributed by atoms with E-state index in [4.69, 9.17) is 11.1 Å². The summed E-state index contributed by atoms with van der Waals surface area (Å²) in [6.07, 6.45) is 2.75. The maximum atomic E-state index is 6.99. The summed E-state index contributed by atoms with van der Waals surface area (Å²) in [5.41, 5.74) is 8.76. The van der Waals surface area contributed by atoms with Crippen molar-refractivity contribution in [1.82, 2.24) is 0 Å². The number of nitrogens with two attached hydrogens (primary N) is 1. The summed E-state index contributed by atoms with van der Waals surface area (Å²) in [7, 11) is 0. The van der Waals surface area contributed by atoms with Crippen LogP contribution in [0, 0.1) is 12.3 Å². The Morgan fingerprint density at radius 1 is 1.40 bits per heavy atom. The molecule has 0 saturated carbocycles. The van der Waals surface area contributed by atoms with Crippen molar-refractivity contribution >= 4 is 11.9 Å². The molecule has 1 aromatic carbocycles. The molecule has 1 aromatic rings. The number of hydrogen-bond acceptors (Lipinski definition) is 3. The van der Waals surface area contributed by atoms with Crippen molar-refractivity contribution in [2.75, 3.05) is 5.32 Å². The van der Waals surface area contributed by atoms with E-state index in [1.165, 1.54) is 11.8 Å². The minimum atomic E-state index is 0.416. The number of benzene rings is 1. The van der Waals surface area contributed by atoms with Gasteiger partial charge in [-0.25, -0.2) is 0 Å². The maximum absolute atomic E-state index is 6.99. The van der Waals surface area contributed by atoms with Crippen molar-refractivity contribution < 1.29 is 0 Å². The van der Waals surface area contributed by atoms with Crippen LogP contribution in [0.2, 0.25) is 0 Å². The molecule has 3 heteroatoms. The first-order valence-electron chi connectivity index (χ1n) is 4.62. The van der Waals surface area contributed by atoms with E-state index < -0.39 is 0 Å². The number of aryl methyl sites for hydroxylation is 1. The molecule has 4 N–H and O–H groups in total. The van der Waals surface area contributed by atoms with Gasteiger partial charge in [0.2, 0.25) is 0 Å². The van der Waals surface area contributed by atoms with Gasteiger partial charge in [-0.1, -0.05) is 24.3 Å². The molecule has 0 spiro atoms. The summed E-state index contributed by atoms with van der Waals surface area (Å²) in [5.74, 6) is 0. The first-order chi connectivity index (χ1) is 7.13. The lowest BCUT2D eigenvalue weighted by molar-refractivity contribution is 1.30. The average molecular weight is 201 g/mol. The molecule has 0 amide bonds. The Morgan fingerprint density at radius 3 is 2.47 bits per heavy atom. The van der Waals surface area contributed by atoms with Crippen LogP contribution in [0.15, 0.2) is 48.3 Å². The molecular formula is C12H15N3. The summed E-state index contributed by atoms with van der Waals surface area (Å²) in [6, 6.07) is 7.92. The normalized spacial score (nSPS) is 10.9. The van der Waals surface area contributed by atoms with Crippen molar-refractivity contribution in [3.63, 3.8) is 0 Å². The minimum Gasteiger partial charge on any atom is -0.398 e. The molecule has 0 aliphatic heterocycles. The third-order valence-electron chi connectivity index (χ3n) is 1.93. The highest BCUT2D eigenvalue weighted by Gasteiger charge is 1.98. The molecule has 15 heavy (non-hydrogen) atoms. The van der Waals surface area contributed by atoms with E-state index in [0.717, 1.165) is 5.69 Å². The summed E-state index contributed by atoms with van der Waals surface area (Å²) in [6.45, 7) is 5.66. The lowest BCUT2D eigenvalue weighted by Gasteiger charge is -2.09. The standard InChI is InChI=1S/C12H15N3/c1-9-3-5-11(6-4-9)15-12(7-8-13)10(2)14/h3-8,13,15H,2,14H2,1H3/b12-7-,13-8?. The molecule has 0 bridgehead atoms. The minimum absolute atomic E-state index is 0.416. The van der Waals surface area contributed by atoms with Crippen LogP contribution in [0.25, 0.3) is 0 Å². The van der Waals surface area contributed by atoms with Gasteiger partial charge in [-0.3, -0.25) is 0 Å². The molecule has 0 radical (unpaired) electrons. The van der Waals surface area contributed by atoms with Crippen LogP contribution in [-0.4, -0.2) is 6.21 Å². The third-order valence-corrected chi connectivity index (χ3v) is 1.93. The van der Waals surface area contributed by atoms with Gasteiger partial charge in [0.25, 0.3) is 0 Å². The highest BCUT2D eigenvalue weighted by Crippen LogP contribution is 2.12. The smallest absolute Gasteiger partial charge is 0.0626 e. The second-order valence-electron chi connectivity index (χ2n) is 3.26. The van der Waals surface area contributed by atoms with E-state index in [1.54, 1.807) is 6.08 Å². The number of nitrogens with one attached hydrogen (secondary N) is 2. The van der Waals surface area contributed by atoms with Gasteiger partial charge in [-0.2, -0.15) is 0 Å². The zero-order valence-electron chi connectivity index (χ0n) is 8.75. The maximum Gasteiger partial charge on any atom is 0.0626 e. The fourth-order valence-electron chi connectivity index (χ4n) is 1.10. The fraction of sp³-hybridized carbons (Fsp3) is 0.0833. The summed E-state index contributed by atoms with van der Waals surface area (Å²) >= 11 is 0. The number of rotatable bonds is 4. The van der Waals surface area contributed by atoms with Gasteiger partial charge in [0, 0.05) is 17.6 Å². The van der Waals surface area contributed by atoms with E-state index in [0.29, 0.717) is 11.4 Å². The number of hydrogen-bond donors (Lipinski definition) is 3. The van der Waals surface area contributed by atoms with Gasteiger partial charge in [0.1, 0.15) is 0 Å². The van der Waals surface area contributed by atoms with Crippen molar-refractivity contribution in [2.24, 2.45) is 5.73 Å². The number of anilines is 1. The second kappa shape index (κ2) is 5.00. The highest BCUT2D eigenvalue weighted by molar-refractivity contribution is 5.72. The molecule has 0 aliphatic rings. The lowest BCUT2D eigenvalue weighted by Crippen LogP contribution is -2.08. The summed E-state index contributed by atoms with van der Waals surface area (Å²) in [5, 5.41) is 10.1. The Hall–Kier alpha value is -2.03. The van der Waals surface area contributed by atoms with Gasteiger partial charge >= 0.3 is 0 Å². The van der Waals surface area contributed by atoms with Gasteiger partial charge in [-0.15, -0.1) is 0 Å². The van der Waals surface area contributed by atoms with Crippen LogP contribution in [0.5, 0.6) is 0 Å². The summed E-state index contributed by atoms with van der Waals surface area (Å²) < 4.78 is 0. The van der Waals surface area contributed by atoms with Crippen molar-refractivity contribution in [2.45, 2.75) is 6.92 Å². The predicted octanol–water partition coefficient (Wildman–Crippen LogP) is 2.41. The third kappa shape index (κ3) is 3.31. The van der Waals surface area contributed by atoms with Crippen molar-refractivity contribution in [1.29, 1.82) is 5.41 Å². The molecule has 3 nitrogen and oxygen atoms in total. The van der Waals surface area contributed by atoms with E-state index in [9.17, 15) is 0 Å². The molecule has 78 valence electrons. The molecule has 0 aromatic heterocycles. The van der Waals surface area contributed by atoms with Gasteiger partial charge in [0.05, 0.1) is 5.70 Å². The first kappa shape index (κ1) is 11.0. The monoisotopic (exact) mass is 201 g/mol. The van der Waals surface area contributed by atoms with Crippen LogP contribution >= 0.6 is 0 Å². The van der Waals surface area contributed by atoms with Crippen molar-refractivity contribution in [3.8, 4) is 0 Å². The van der Waals surface area contributed by atoms with Crippen LogP contribution in [0.1, 0.15) is 5.56 Å². The summed E-state index contributed by atoms with van der Waals surface area (Å²) in [4.78, 5) is 0. The van der Waals surface area contributed by atoms with Crippen LogP contribution in [0.3, 0.4) is 0 Å². The Labute approximate surface area is 89.8 Å². The SMILES string of the molecule is C=C(N)/C(=C/C=N)Nc1ccc(C)cc1. The van der Waals surface area contributed by atoms with E-state index in [2.05, 4.69) is 11.9 Å². The van der Waals surface area contributed by atoms with Crippen LogP contribution in [0.4, 0.5) is 5.69 Å². The molecule has 0 heterocycles. The highest BCUT2D eigenvalue weighted by atomic mass is 14.9. The molecule has 0 unspecified atom stereocenters. The molecule has 0 saturated heterocycles. The zero-order valence-corrected chi connectivity index (χ0v) is 8.75. The van der Waals surface area contributed by atoms with Crippen LogP contribution < -0.4 is 11.1 Å². The Kier molecular flexibility index (Phi) is 3.68. The molecule has 0 aliphatic carbocycles. The lowest BCUT2D eigenvalue weighted by atomic mass is 10.2. The fourth-order valence-corrected chi connectivity index (χ4v) is 1.10. The average Bonchev–Trinajstić information content (AvgIpc) is 2.20. The van der Waals surface area contributed by atoms with Crippen LogP contribution in [-0.2, 0) is 0 Å². The molecular weight excluding hydrogens is 186 g/mol. The van der Waals surface area contributed by atoms with Crippen molar-refractivity contribution in [3.05, 3.63) is 53.9 Å². The largest absolute Gasteiger partial charge is 0.398 e.